The van der Waals surface area contributed by atoms with Crippen LogP contribution in [0, 0.1) is 0 Å². The average molecular weight is 763 g/mol. The molecule has 0 unspecified atom stereocenters. The van der Waals surface area contributed by atoms with Gasteiger partial charge in [0.05, 0.1) is 16.8 Å². The van der Waals surface area contributed by atoms with Gasteiger partial charge in [0, 0.05) is 48.3 Å². The molecule has 58 heavy (non-hydrogen) atoms. The minimum absolute atomic E-state index is 0.842. The predicted octanol–water partition coefficient (Wildman–Crippen LogP) is 16.3. The Bertz CT molecular complexity index is 3160. The van der Waals surface area contributed by atoms with Crippen molar-refractivity contribution in [1.29, 1.82) is 0 Å². The highest BCUT2D eigenvalue weighted by molar-refractivity contribution is 7.25. The molecule has 0 radical (unpaired) electrons. The normalized spacial score (nSPS) is 12.7. The number of anilines is 6. The first-order valence-electron chi connectivity index (χ1n) is 19.9. The van der Waals surface area contributed by atoms with E-state index in [0.29, 0.717) is 0 Å². The van der Waals surface area contributed by atoms with Gasteiger partial charge in [-0.3, -0.25) is 0 Å². The Balaban J connectivity index is 1.09. The van der Waals surface area contributed by atoms with Crippen molar-refractivity contribution in [2.24, 2.45) is 0 Å². The van der Waals surface area contributed by atoms with E-state index in [0.717, 1.165) is 68.9 Å². The molecule has 0 aliphatic heterocycles. The van der Waals surface area contributed by atoms with E-state index in [1.54, 1.807) is 0 Å². The lowest BCUT2D eigenvalue weighted by atomic mass is 9.97. The minimum atomic E-state index is 0.842. The number of thiophene rings is 1. The van der Waals surface area contributed by atoms with Crippen LogP contribution < -0.4 is 9.80 Å². The van der Waals surface area contributed by atoms with Gasteiger partial charge in [-0.05, 0) is 114 Å². The molecular formula is C54H38N2OS. The van der Waals surface area contributed by atoms with Crippen molar-refractivity contribution >= 4 is 93.1 Å². The molecule has 0 spiro atoms. The number of benzene rings is 8. The van der Waals surface area contributed by atoms with Crippen LogP contribution in [0.4, 0.5) is 34.1 Å². The summed E-state index contributed by atoms with van der Waals surface area (Å²) >= 11 is 1.84. The Labute approximate surface area is 341 Å². The van der Waals surface area contributed by atoms with E-state index in [1.807, 2.05) is 11.3 Å². The highest BCUT2D eigenvalue weighted by atomic mass is 32.1. The van der Waals surface area contributed by atoms with Gasteiger partial charge < -0.3 is 14.2 Å². The highest BCUT2D eigenvalue weighted by Gasteiger charge is 2.24. The quantitative estimate of drug-likeness (QED) is 0.154. The Morgan fingerprint density at radius 3 is 1.83 bits per heavy atom. The van der Waals surface area contributed by atoms with Gasteiger partial charge in [-0.25, -0.2) is 0 Å². The fourth-order valence-corrected chi connectivity index (χ4v) is 9.65. The Morgan fingerprint density at radius 1 is 0.448 bits per heavy atom. The van der Waals surface area contributed by atoms with E-state index in [4.69, 9.17) is 4.42 Å². The van der Waals surface area contributed by atoms with Crippen molar-refractivity contribution < 1.29 is 4.42 Å². The molecule has 8 aromatic carbocycles. The zero-order valence-corrected chi connectivity index (χ0v) is 32.6. The van der Waals surface area contributed by atoms with Gasteiger partial charge in [-0.2, -0.15) is 0 Å². The van der Waals surface area contributed by atoms with Gasteiger partial charge in [0.15, 0.2) is 5.58 Å². The van der Waals surface area contributed by atoms with E-state index < -0.39 is 0 Å². The third kappa shape index (κ3) is 5.98. The standard InChI is InChI=1S/C54H38N2OS/c1-4-14-37(15-5-1)39-26-30-42(31-27-39)55(43-32-28-40(29-33-43)38-16-6-2-7-17-38)48-22-13-24-50-53(48)46-21-12-23-49(54(46)57-50)56(41-18-8-3-9-19-41)44-34-35-52-47(36-44)45-20-10-11-25-51(45)58-52/h1-6,8-16,18-36H,7,17H2. The fraction of sp³-hybridized carbons (Fsp3) is 0.0370. The van der Waals surface area contributed by atoms with Gasteiger partial charge in [0.2, 0.25) is 0 Å². The molecule has 1 aliphatic rings. The van der Waals surface area contributed by atoms with E-state index in [2.05, 4.69) is 216 Å². The zero-order valence-electron chi connectivity index (χ0n) is 31.8. The summed E-state index contributed by atoms with van der Waals surface area (Å²) in [5.41, 5.74) is 13.1. The molecular weight excluding hydrogens is 725 g/mol. The van der Waals surface area contributed by atoms with Crippen LogP contribution in [0.5, 0.6) is 0 Å². The molecule has 10 aromatic rings. The van der Waals surface area contributed by atoms with Crippen LogP contribution in [-0.2, 0) is 0 Å². The first-order valence-corrected chi connectivity index (χ1v) is 20.7. The van der Waals surface area contributed by atoms with Crippen LogP contribution >= 0.6 is 11.3 Å². The van der Waals surface area contributed by atoms with Crippen molar-refractivity contribution in [3.8, 4) is 11.1 Å². The molecule has 0 atom stereocenters. The summed E-state index contributed by atoms with van der Waals surface area (Å²) in [6.45, 7) is 0. The van der Waals surface area contributed by atoms with E-state index in [9.17, 15) is 0 Å². The van der Waals surface area contributed by atoms with Crippen molar-refractivity contribution in [3.63, 3.8) is 0 Å². The molecule has 4 heteroatoms. The van der Waals surface area contributed by atoms with Crippen molar-refractivity contribution in [3.05, 3.63) is 212 Å². The number of rotatable bonds is 8. The molecule has 2 aromatic heterocycles. The second-order valence-corrected chi connectivity index (χ2v) is 15.9. The number of hydrogen-bond donors (Lipinski definition) is 0. The first-order chi connectivity index (χ1) is 28.8. The molecule has 11 rings (SSSR count). The molecule has 0 saturated heterocycles. The lowest BCUT2D eigenvalue weighted by molar-refractivity contribution is 0.669. The molecule has 2 heterocycles. The molecule has 0 bridgehead atoms. The van der Waals surface area contributed by atoms with Crippen LogP contribution in [0.2, 0.25) is 0 Å². The molecule has 0 saturated carbocycles. The van der Waals surface area contributed by atoms with E-state index >= 15 is 0 Å². The molecule has 0 fully saturated rings. The fourth-order valence-electron chi connectivity index (χ4n) is 8.56. The molecule has 0 N–H and O–H groups in total. The van der Waals surface area contributed by atoms with Crippen molar-refractivity contribution in [2.75, 3.05) is 9.80 Å². The lowest BCUT2D eigenvalue weighted by Crippen LogP contribution is -2.10. The average Bonchev–Trinajstić information content (AvgIpc) is 3.87. The molecule has 0 amide bonds. The Hall–Kier alpha value is -7.14. The summed E-state index contributed by atoms with van der Waals surface area (Å²) in [5, 5.41) is 4.67. The third-order valence-electron chi connectivity index (χ3n) is 11.3. The van der Waals surface area contributed by atoms with Gasteiger partial charge in [-0.1, -0.05) is 127 Å². The number of para-hydroxylation sites is 2. The largest absolute Gasteiger partial charge is 0.454 e. The summed E-state index contributed by atoms with van der Waals surface area (Å²) in [7, 11) is 0. The second kappa shape index (κ2) is 14.4. The maximum absolute atomic E-state index is 7.01. The molecule has 276 valence electrons. The second-order valence-electron chi connectivity index (χ2n) is 14.8. The lowest BCUT2D eigenvalue weighted by Gasteiger charge is -2.27. The number of nitrogens with zero attached hydrogens (tertiary/aromatic N) is 2. The predicted molar refractivity (Wildman–Crippen MR) is 248 cm³/mol. The summed E-state index contributed by atoms with van der Waals surface area (Å²) in [5.74, 6) is 0. The maximum atomic E-state index is 7.01. The summed E-state index contributed by atoms with van der Waals surface area (Å²) in [4.78, 5) is 4.71. The van der Waals surface area contributed by atoms with Crippen LogP contribution in [0.15, 0.2) is 211 Å². The molecule has 3 nitrogen and oxygen atoms in total. The number of hydrogen-bond acceptors (Lipinski definition) is 4. The van der Waals surface area contributed by atoms with Crippen molar-refractivity contribution in [1.82, 2.24) is 0 Å². The maximum Gasteiger partial charge on any atom is 0.159 e. The van der Waals surface area contributed by atoms with Crippen LogP contribution in [0.3, 0.4) is 0 Å². The molecule has 1 aliphatic carbocycles. The van der Waals surface area contributed by atoms with Gasteiger partial charge in [0.25, 0.3) is 0 Å². The number of furan rings is 1. The SMILES string of the molecule is C1=CCCC(c2ccc(N(c3ccc(-c4ccccc4)cc3)c3cccc4oc5c(N(c6ccccc6)c6ccc7sc8ccccc8c7c6)cccc5c34)cc2)=C1. The summed E-state index contributed by atoms with van der Waals surface area (Å²) in [6.07, 6.45) is 8.79. The first kappa shape index (κ1) is 34.1. The summed E-state index contributed by atoms with van der Waals surface area (Å²) in [6, 6.07) is 67.7. The van der Waals surface area contributed by atoms with Crippen LogP contribution in [0.25, 0.3) is 58.8 Å². The van der Waals surface area contributed by atoms with E-state index in [1.165, 1.54) is 42.4 Å². The smallest absolute Gasteiger partial charge is 0.159 e. The Morgan fingerprint density at radius 2 is 1.05 bits per heavy atom. The summed E-state index contributed by atoms with van der Waals surface area (Å²) < 4.78 is 9.58. The minimum Gasteiger partial charge on any atom is -0.454 e. The number of allylic oxidation sites excluding steroid dienone is 4. The van der Waals surface area contributed by atoms with Gasteiger partial charge in [0.1, 0.15) is 5.58 Å². The van der Waals surface area contributed by atoms with Gasteiger partial charge >= 0.3 is 0 Å². The van der Waals surface area contributed by atoms with E-state index in [-0.39, 0.29) is 0 Å². The number of fused-ring (bicyclic) bond motifs is 6. The van der Waals surface area contributed by atoms with Crippen molar-refractivity contribution in [2.45, 2.75) is 12.8 Å². The monoisotopic (exact) mass is 762 g/mol. The van der Waals surface area contributed by atoms with Crippen LogP contribution in [0.1, 0.15) is 18.4 Å². The van der Waals surface area contributed by atoms with Crippen LogP contribution in [-0.4, -0.2) is 0 Å². The third-order valence-corrected chi connectivity index (χ3v) is 12.5. The highest BCUT2D eigenvalue weighted by Crippen LogP contribution is 2.48. The topological polar surface area (TPSA) is 19.6 Å². The zero-order chi connectivity index (χ0) is 38.4. The Kier molecular flexibility index (Phi) is 8.49. The van der Waals surface area contributed by atoms with Gasteiger partial charge in [-0.15, -0.1) is 11.3 Å².